The van der Waals surface area contributed by atoms with Gasteiger partial charge in [-0.2, -0.15) is 0 Å². The van der Waals surface area contributed by atoms with Crippen molar-refractivity contribution in [1.82, 2.24) is 5.32 Å². The van der Waals surface area contributed by atoms with Crippen LogP contribution in [-0.2, 0) is 14.3 Å². The number of rotatable bonds is 10. The Labute approximate surface area is 137 Å². The van der Waals surface area contributed by atoms with E-state index in [2.05, 4.69) is 23.5 Å². The first kappa shape index (κ1) is 20.4. The first-order chi connectivity index (χ1) is 10.8. The second kappa shape index (κ2) is 11.0. The Balaban J connectivity index is 4.70. The molecule has 0 aromatic carbocycles. The van der Waals surface area contributed by atoms with Gasteiger partial charge in [0.05, 0.1) is 30.5 Å². The number of hydrogen-bond acceptors (Lipinski definition) is 7. The molecule has 0 aromatic rings. The van der Waals surface area contributed by atoms with E-state index in [1.807, 2.05) is 0 Å². The molecule has 8 nitrogen and oxygen atoms in total. The van der Waals surface area contributed by atoms with E-state index < -0.39 is 0 Å². The second-order valence-electron chi connectivity index (χ2n) is 4.97. The molecule has 0 radical (unpaired) electrons. The summed E-state index contributed by atoms with van der Waals surface area (Å²) in [5, 5.41) is 2.73. The smallest absolute Gasteiger partial charge is 0.302 e. The number of allylic oxidation sites excluding steroid dienone is 1. The number of carbonyl (C=O) groups is 1. The highest BCUT2D eigenvalue weighted by atomic mass is 16.5. The summed E-state index contributed by atoms with van der Waals surface area (Å²) in [7, 11) is 0. The number of nitrogens with zero attached hydrogens (tertiary/aromatic N) is 1. The minimum Gasteiger partial charge on any atom is -0.498 e. The van der Waals surface area contributed by atoms with Gasteiger partial charge in [0.1, 0.15) is 0 Å². The molecule has 0 fully saturated rings. The van der Waals surface area contributed by atoms with Crippen molar-refractivity contribution in [3.8, 4) is 0 Å². The Hall–Kier alpha value is -2.64. The Morgan fingerprint density at radius 1 is 1.26 bits per heavy atom. The van der Waals surface area contributed by atoms with Crippen molar-refractivity contribution in [3.63, 3.8) is 0 Å². The molecule has 130 valence electrons. The topological polar surface area (TPSA) is 138 Å². The lowest BCUT2D eigenvalue weighted by molar-refractivity contribution is -0.142. The molecule has 0 aliphatic rings. The maximum absolute atomic E-state index is 10.9. The van der Waals surface area contributed by atoms with E-state index in [-0.39, 0.29) is 30.0 Å². The molecule has 23 heavy (non-hydrogen) atoms. The molecule has 7 N–H and O–H groups in total. The van der Waals surface area contributed by atoms with Gasteiger partial charge in [-0.1, -0.05) is 13.2 Å². The second-order valence-corrected chi connectivity index (χ2v) is 4.97. The zero-order chi connectivity index (χ0) is 17.8. The third-order valence-electron chi connectivity index (χ3n) is 2.63. The summed E-state index contributed by atoms with van der Waals surface area (Å²) in [4.78, 5) is 15.2. The third-order valence-corrected chi connectivity index (χ3v) is 2.63. The van der Waals surface area contributed by atoms with Crippen LogP contribution in [0.5, 0.6) is 0 Å². The van der Waals surface area contributed by atoms with Crippen molar-refractivity contribution in [2.45, 2.75) is 20.3 Å². The number of carbonyl (C=O) groups excluding carboxylic acids is 1. The van der Waals surface area contributed by atoms with E-state index in [1.165, 1.54) is 13.1 Å². The summed E-state index contributed by atoms with van der Waals surface area (Å²) < 4.78 is 10.4. The molecule has 8 heteroatoms. The Bertz CT molecular complexity index is 468. The monoisotopic (exact) mass is 325 g/mol. The minimum absolute atomic E-state index is 0.0234. The molecule has 0 aromatic heterocycles. The van der Waals surface area contributed by atoms with Crippen LogP contribution in [-0.4, -0.2) is 31.6 Å². The molecule has 0 heterocycles. The van der Waals surface area contributed by atoms with Gasteiger partial charge < -0.3 is 32.0 Å². The lowest BCUT2D eigenvalue weighted by Crippen LogP contribution is -2.32. The molecule has 1 unspecified atom stereocenters. The fourth-order valence-electron chi connectivity index (χ4n) is 1.50. The molecule has 0 bridgehead atoms. The van der Waals surface area contributed by atoms with E-state index in [1.54, 1.807) is 6.92 Å². The average molecular weight is 325 g/mol. The summed E-state index contributed by atoms with van der Waals surface area (Å²) in [6, 6.07) is 0. The molecule has 0 aliphatic carbocycles. The van der Waals surface area contributed by atoms with Gasteiger partial charge in [0.2, 0.25) is 0 Å². The van der Waals surface area contributed by atoms with Crippen LogP contribution in [0.15, 0.2) is 41.6 Å². The van der Waals surface area contributed by atoms with Crippen LogP contribution in [0, 0.1) is 5.92 Å². The predicted octanol–water partition coefficient (Wildman–Crippen LogP) is 0.283. The maximum Gasteiger partial charge on any atom is 0.302 e. The van der Waals surface area contributed by atoms with E-state index in [4.69, 9.17) is 26.7 Å². The molecular formula is C15H27N5O3. The average Bonchev–Trinajstić information content (AvgIpc) is 2.46. The van der Waals surface area contributed by atoms with Crippen LogP contribution >= 0.6 is 0 Å². The van der Waals surface area contributed by atoms with Crippen LogP contribution in [0.25, 0.3) is 0 Å². The standard InChI is InChI=1S/C15H27N5O3/c1-10(2)22-8-13(9-23-12(4)21)5-6-19-15(14(18)7-16)20-11(3)17/h7,13H,1,3,5-6,8-9,16-18H2,2,4H3,(H,19,20)/b14-7+. The Morgan fingerprint density at radius 2 is 1.87 bits per heavy atom. The van der Waals surface area contributed by atoms with E-state index in [9.17, 15) is 4.79 Å². The number of nitrogens with one attached hydrogen (secondary N) is 1. The van der Waals surface area contributed by atoms with Crippen LogP contribution < -0.4 is 22.5 Å². The maximum atomic E-state index is 10.9. The highest BCUT2D eigenvalue weighted by Gasteiger charge is 2.12. The number of aliphatic imine (C=N–C) groups is 1. The predicted molar refractivity (Wildman–Crippen MR) is 90.7 cm³/mol. The number of amidine groups is 1. The Morgan fingerprint density at radius 3 is 2.35 bits per heavy atom. The molecule has 0 rings (SSSR count). The summed E-state index contributed by atoms with van der Waals surface area (Å²) in [5.74, 6) is 0.775. The molecular weight excluding hydrogens is 298 g/mol. The van der Waals surface area contributed by atoms with Gasteiger partial charge in [-0.3, -0.25) is 9.79 Å². The SMILES string of the molecule is C=C(N)NC(=NCCC(COC(=C)C)COC(C)=O)/C(N)=C\N. The normalized spacial score (nSPS) is 13.1. The molecule has 0 saturated carbocycles. The van der Waals surface area contributed by atoms with Crippen molar-refractivity contribution < 1.29 is 14.3 Å². The van der Waals surface area contributed by atoms with E-state index in [0.717, 1.165) is 0 Å². The lowest BCUT2D eigenvalue weighted by atomic mass is 10.1. The largest absolute Gasteiger partial charge is 0.498 e. The fourth-order valence-corrected chi connectivity index (χ4v) is 1.50. The first-order valence-corrected chi connectivity index (χ1v) is 7.11. The zero-order valence-electron chi connectivity index (χ0n) is 13.8. The van der Waals surface area contributed by atoms with Crippen molar-refractivity contribution in [1.29, 1.82) is 0 Å². The molecule has 0 saturated heterocycles. The van der Waals surface area contributed by atoms with Gasteiger partial charge in [-0.05, 0) is 13.3 Å². The summed E-state index contributed by atoms with van der Waals surface area (Å²) >= 11 is 0. The number of esters is 1. The fraction of sp³-hybridized carbons (Fsp3) is 0.467. The first-order valence-electron chi connectivity index (χ1n) is 7.11. The van der Waals surface area contributed by atoms with Crippen LogP contribution in [0.4, 0.5) is 0 Å². The molecule has 0 amide bonds. The zero-order valence-corrected chi connectivity index (χ0v) is 13.8. The van der Waals surface area contributed by atoms with Crippen LogP contribution in [0.2, 0.25) is 0 Å². The molecule has 1 atom stereocenters. The van der Waals surface area contributed by atoms with Crippen molar-refractivity contribution >= 4 is 11.8 Å². The van der Waals surface area contributed by atoms with Crippen LogP contribution in [0.1, 0.15) is 20.3 Å². The van der Waals surface area contributed by atoms with Gasteiger partial charge in [-0.25, -0.2) is 0 Å². The number of hydrogen-bond donors (Lipinski definition) is 4. The van der Waals surface area contributed by atoms with Gasteiger partial charge in [0.15, 0.2) is 5.84 Å². The van der Waals surface area contributed by atoms with Gasteiger partial charge >= 0.3 is 5.97 Å². The van der Waals surface area contributed by atoms with E-state index in [0.29, 0.717) is 31.2 Å². The molecule has 0 aliphatic heterocycles. The number of ether oxygens (including phenoxy) is 2. The van der Waals surface area contributed by atoms with Gasteiger partial charge in [0, 0.05) is 25.6 Å². The lowest BCUT2D eigenvalue weighted by Gasteiger charge is -2.17. The van der Waals surface area contributed by atoms with Gasteiger partial charge in [-0.15, -0.1) is 0 Å². The van der Waals surface area contributed by atoms with E-state index >= 15 is 0 Å². The quantitative estimate of drug-likeness (QED) is 0.196. The molecule has 0 spiro atoms. The summed E-state index contributed by atoms with van der Waals surface area (Å²) in [6.45, 7) is 11.3. The minimum atomic E-state index is -0.342. The Kier molecular flexibility index (Phi) is 9.74. The summed E-state index contributed by atoms with van der Waals surface area (Å²) in [5.41, 5.74) is 16.8. The van der Waals surface area contributed by atoms with Gasteiger partial charge in [0.25, 0.3) is 0 Å². The summed E-state index contributed by atoms with van der Waals surface area (Å²) in [6.07, 6.45) is 1.83. The number of nitrogens with two attached hydrogens (primary N) is 3. The van der Waals surface area contributed by atoms with Crippen molar-refractivity contribution in [2.24, 2.45) is 28.1 Å². The van der Waals surface area contributed by atoms with Crippen LogP contribution in [0.3, 0.4) is 0 Å². The van der Waals surface area contributed by atoms with Crippen molar-refractivity contribution in [3.05, 3.63) is 36.6 Å². The third kappa shape index (κ3) is 10.7. The highest BCUT2D eigenvalue weighted by Crippen LogP contribution is 2.08. The van der Waals surface area contributed by atoms with Crippen molar-refractivity contribution in [2.75, 3.05) is 19.8 Å². The highest BCUT2D eigenvalue weighted by molar-refractivity contribution is 5.98.